The number of aryl methyl sites for hydroxylation is 2. The molecule has 2 aliphatic carbocycles. The van der Waals surface area contributed by atoms with Crippen LogP contribution in [-0.4, -0.2) is 64.5 Å². The van der Waals surface area contributed by atoms with Crippen molar-refractivity contribution in [2.24, 2.45) is 29.2 Å². The fourth-order valence-corrected chi connectivity index (χ4v) is 10.5. The van der Waals surface area contributed by atoms with Gasteiger partial charge in [0.1, 0.15) is 21.4 Å². The van der Waals surface area contributed by atoms with Crippen molar-refractivity contribution in [3.05, 3.63) is 87.7 Å². The zero-order valence-electron chi connectivity index (χ0n) is 29.5. The Morgan fingerprint density at radius 1 is 1.21 bits per heavy atom. The molecule has 3 heterocycles. The van der Waals surface area contributed by atoms with Crippen LogP contribution in [0.4, 0.5) is 14.5 Å². The molecule has 7 rings (SSSR count). The number of hydrogen-bond acceptors (Lipinski definition) is 7. The highest BCUT2D eigenvalue weighted by atomic mass is 35.5. The molecule has 2 aliphatic heterocycles. The third-order valence-corrected chi connectivity index (χ3v) is 13.3. The predicted molar refractivity (Wildman–Crippen MR) is 196 cm³/mol. The summed E-state index contributed by atoms with van der Waals surface area (Å²) in [4.78, 5) is 29.7. The van der Waals surface area contributed by atoms with E-state index in [1.165, 1.54) is 18.2 Å². The van der Waals surface area contributed by atoms with Crippen molar-refractivity contribution < 1.29 is 32.1 Å². The Hall–Kier alpha value is -3.81. The number of alkyl halides is 2. The second-order valence-corrected chi connectivity index (χ2v) is 17.2. The molecule has 14 heteroatoms. The molecule has 0 radical (unpaired) electrons. The highest BCUT2D eigenvalue weighted by Crippen LogP contribution is 2.47. The molecular formula is C38H44ClF2N5O5S. The largest absolute Gasteiger partial charge is 0.490 e. The molecule has 1 saturated carbocycles. The van der Waals surface area contributed by atoms with E-state index < -0.39 is 39.4 Å². The first kappa shape index (κ1) is 36.5. The van der Waals surface area contributed by atoms with Gasteiger partial charge in [-0.1, -0.05) is 36.7 Å². The molecule has 2 bridgehead atoms. The molecule has 4 aliphatic rings. The lowest BCUT2D eigenvalue weighted by Gasteiger charge is -2.46. The summed E-state index contributed by atoms with van der Waals surface area (Å²) in [6.07, 6.45) is 7.38. The first-order valence-electron chi connectivity index (χ1n) is 17.8. The molecular weight excluding hydrogens is 712 g/mol. The van der Waals surface area contributed by atoms with Crippen molar-refractivity contribution in [2.45, 2.75) is 63.4 Å². The lowest BCUT2D eigenvalue weighted by Crippen LogP contribution is -2.49. The van der Waals surface area contributed by atoms with Gasteiger partial charge in [-0.15, -0.1) is 4.36 Å². The Kier molecular flexibility index (Phi) is 10.2. The van der Waals surface area contributed by atoms with Gasteiger partial charge in [0.2, 0.25) is 0 Å². The topological polar surface area (TPSA) is 115 Å². The van der Waals surface area contributed by atoms with Gasteiger partial charge in [0.25, 0.3) is 18.2 Å². The number of halogens is 3. The van der Waals surface area contributed by atoms with Gasteiger partial charge in [0, 0.05) is 49.4 Å². The number of fused-ring (bicyclic) bond motifs is 4. The zero-order chi connectivity index (χ0) is 36.8. The van der Waals surface area contributed by atoms with Gasteiger partial charge in [-0.25, -0.2) is 13.0 Å². The van der Waals surface area contributed by atoms with E-state index in [4.69, 9.17) is 21.1 Å². The van der Waals surface area contributed by atoms with Gasteiger partial charge in [-0.05, 0) is 97.7 Å². The smallest absolute Gasteiger partial charge is 0.286 e. The number of nitrogens with zero attached hydrogens (tertiary/aromatic N) is 4. The fraction of sp³-hybridized carbons (Fsp3) is 0.500. The van der Waals surface area contributed by atoms with E-state index in [9.17, 15) is 22.6 Å². The Morgan fingerprint density at radius 3 is 2.79 bits per heavy atom. The quantitative estimate of drug-likeness (QED) is 0.283. The number of nitrogens with one attached hydrogen (secondary N) is 1. The molecule has 1 fully saturated rings. The van der Waals surface area contributed by atoms with Gasteiger partial charge in [-0.2, -0.15) is 5.10 Å². The number of amides is 2. The molecule has 3 aromatic rings. The minimum Gasteiger partial charge on any atom is -0.490 e. The van der Waals surface area contributed by atoms with Crippen molar-refractivity contribution in [3.63, 3.8) is 0 Å². The Balaban J connectivity index is 1.30. The second kappa shape index (κ2) is 14.5. The number of anilines is 1. The number of benzene rings is 2. The SMILES string of the molecule is CO[C@H]1/C=C/C[C@H](C)CS(=O)(NC(=O)c2cn(C)nc2C(F)F)=NC(=O)c2ccc3c(c2)N(C[C@@H]2CC[C@H]21)C[C@@]1(CCCc2cc(Cl)ccc21)CO3. The average molecular weight is 756 g/mol. The molecule has 1 spiro atoms. The van der Waals surface area contributed by atoms with Gasteiger partial charge in [0.15, 0.2) is 0 Å². The van der Waals surface area contributed by atoms with Gasteiger partial charge >= 0.3 is 0 Å². The van der Waals surface area contributed by atoms with Gasteiger partial charge in [0.05, 0.1) is 29.7 Å². The highest BCUT2D eigenvalue weighted by Gasteiger charge is 2.44. The summed E-state index contributed by atoms with van der Waals surface area (Å²) in [5, 5.41) is 4.41. The summed E-state index contributed by atoms with van der Waals surface area (Å²) in [5.41, 5.74) is 1.87. The van der Waals surface area contributed by atoms with Crippen LogP contribution in [0.1, 0.15) is 83.0 Å². The van der Waals surface area contributed by atoms with Crippen molar-refractivity contribution in [3.8, 4) is 5.75 Å². The van der Waals surface area contributed by atoms with Crippen LogP contribution >= 0.6 is 11.6 Å². The van der Waals surface area contributed by atoms with E-state index in [2.05, 4.69) is 31.2 Å². The summed E-state index contributed by atoms with van der Waals surface area (Å²) >= 11 is 6.44. The number of methoxy groups -OCH3 is 1. The number of ether oxygens (including phenoxy) is 2. The summed E-state index contributed by atoms with van der Waals surface area (Å²) < 4.78 is 62.2. The van der Waals surface area contributed by atoms with Crippen LogP contribution in [0.3, 0.4) is 0 Å². The Morgan fingerprint density at radius 2 is 2.04 bits per heavy atom. The maximum absolute atomic E-state index is 14.5. The fourth-order valence-electron chi connectivity index (χ4n) is 8.41. The first-order chi connectivity index (χ1) is 24.9. The van der Waals surface area contributed by atoms with Gasteiger partial charge in [-0.3, -0.25) is 19.0 Å². The predicted octanol–water partition coefficient (Wildman–Crippen LogP) is 7.07. The van der Waals surface area contributed by atoms with Crippen LogP contribution in [0, 0.1) is 17.8 Å². The van der Waals surface area contributed by atoms with E-state index in [0.29, 0.717) is 36.3 Å². The minimum absolute atomic E-state index is 0.131. The second-order valence-electron chi connectivity index (χ2n) is 14.8. The molecule has 1 aromatic heterocycles. The maximum atomic E-state index is 14.5. The zero-order valence-corrected chi connectivity index (χ0v) is 31.1. The van der Waals surface area contributed by atoms with Crippen molar-refractivity contribution in [2.75, 3.05) is 37.5 Å². The minimum atomic E-state index is -3.80. The van der Waals surface area contributed by atoms with E-state index in [1.807, 2.05) is 25.1 Å². The van der Waals surface area contributed by atoms with E-state index in [0.717, 1.165) is 55.2 Å². The summed E-state index contributed by atoms with van der Waals surface area (Å²) in [5.74, 6) is -1.08. The Bertz CT molecular complexity index is 2030. The lowest BCUT2D eigenvalue weighted by atomic mass is 9.68. The van der Waals surface area contributed by atoms with Crippen LogP contribution in [0.15, 0.2) is 59.1 Å². The highest BCUT2D eigenvalue weighted by molar-refractivity contribution is 7.92. The molecule has 0 saturated heterocycles. The number of carbonyl (C=O) groups excluding carboxylic acids is 2. The third kappa shape index (κ3) is 7.23. The average Bonchev–Trinajstić information content (AvgIpc) is 3.42. The summed E-state index contributed by atoms with van der Waals surface area (Å²) in [6, 6.07) is 11.2. The van der Waals surface area contributed by atoms with Crippen molar-refractivity contribution in [1.82, 2.24) is 14.5 Å². The summed E-state index contributed by atoms with van der Waals surface area (Å²) in [6.45, 7) is 3.66. The molecule has 6 atom stereocenters. The van der Waals surface area contributed by atoms with Crippen molar-refractivity contribution >= 4 is 39.0 Å². The molecule has 278 valence electrons. The van der Waals surface area contributed by atoms with E-state index in [-0.39, 0.29) is 34.7 Å². The molecule has 52 heavy (non-hydrogen) atoms. The van der Waals surface area contributed by atoms with Gasteiger partial charge < -0.3 is 14.4 Å². The number of hydrogen-bond donors (Lipinski definition) is 1. The molecule has 2 amide bonds. The van der Waals surface area contributed by atoms with Crippen LogP contribution in [0.25, 0.3) is 0 Å². The van der Waals surface area contributed by atoms with Crippen LogP contribution in [-0.2, 0) is 33.5 Å². The third-order valence-electron chi connectivity index (χ3n) is 11.1. The molecule has 10 nitrogen and oxygen atoms in total. The van der Waals surface area contributed by atoms with E-state index >= 15 is 0 Å². The van der Waals surface area contributed by atoms with Crippen molar-refractivity contribution in [1.29, 1.82) is 0 Å². The van der Waals surface area contributed by atoms with Crippen LogP contribution in [0.2, 0.25) is 5.02 Å². The van der Waals surface area contributed by atoms with Crippen LogP contribution in [0.5, 0.6) is 5.75 Å². The number of carbonyl (C=O) groups is 2. The number of aromatic nitrogens is 2. The normalized spacial score (nSPS) is 29.6. The maximum Gasteiger partial charge on any atom is 0.286 e. The molecule has 2 aromatic carbocycles. The van der Waals surface area contributed by atoms with Crippen LogP contribution < -0.4 is 14.4 Å². The standard InChI is InChI=1S/C38H44ClF2N5O5S/c1-23-6-4-8-32(50-3)28-12-9-26(28)18-46-21-38(15-5-7-24-16-27(39)11-13-30(24)38)22-51-33-14-10-25(17-31(33)46)36(47)43-52(49,20-23)44-37(48)29-19-45(2)42-34(29)35(40)41/h4,8,10-11,13-14,16-17,19,23,26,28,32,35H,5-7,9,12,15,18,20-22H2,1-3H3,(H,43,44,47,48,49)/b8-4+/t23-,26-,28+,32-,38-,52?/m0/s1. The lowest BCUT2D eigenvalue weighted by molar-refractivity contribution is 0.0131. The summed E-state index contributed by atoms with van der Waals surface area (Å²) in [7, 11) is -0.678. The monoisotopic (exact) mass is 755 g/mol. The Labute approximate surface area is 308 Å². The number of rotatable bonds is 4. The molecule has 1 N–H and O–H groups in total. The number of allylic oxidation sites excluding steroid dienone is 1. The first-order valence-corrected chi connectivity index (χ1v) is 19.9. The molecule has 1 unspecified atom stereocenters. The van der Waals surface area contributed by atoms with E-state index in [1.54, 1.807) is 25.3 Å².